The van der Waals surface area contributed by atoms with Crippen molar-refractivity contribution >= 4 is 23.2 Å². The summed E-state index contributed by atoms with van der Waals surface area (Å²) in [6.45, 7) is 0.200. The van der Waals surface area contributed by atoms with Crippen LogP contribution in [0.4, 0.5) is 0 Å². The lowest BCUT2D eigenvalue weighted by atomic mass is 10.2. The summed E-state index contributed by atoms with van der Waals surface area (Å²) >= 11 is 5.83. The van der Waals surface area contributed by atoms with E-state index in [2.05, 4.69) is 27.2 Å². The van der Waals surface area contributed by atoms with Gasteiger partial charge in [0.05, 0.1) is 5.69 Å². The Bertz CT molecular complexity index is 935. The molecule has 1 amide bonds. The molecule has 2 N–H and O–H groups in total. The van der Waals surface area contributed by atoms with Crippen LogP contribution in [0.25, 0.3) is 5.65 Å². The smallest absolute Gasteiger partial charge is 0.286 e. The maximum Gasteiger partial charge on any atom is 0.286 e. The summed E-state index contributed by atoms with van der Waals surface area (Å²) in [5, 5.41) is 0.0953. The predicted molar refractivity (Wildman–Crippen MR) is 87.1 cm³/mol. The van der Waals surface area contributed by atoms with Crippen LogP contribution in [-0.4, -0.2) is 25.3 Å². The van der Waals surface area contributed by atoms with Gasteiger partial charge in [-0.25, -0.2) is 9.97 Å². The Balaban J connectivity index is 1.53. The number of hydrogen-bond donors (Lipinski definition) is 1. The second-order valence-electron chi connectivity index (χ2n) is 5.74. The molecule has 0 radical (unpaired) electrons. The van der Waals surface area contributed by atoms with Gasteiger partial charge in [0.2, 0.25) is 11.7 Å². The van der Waals surface area contributed by atoms with Crippen LogP contribution in [0.2, 0.25) is 5.15 Å². The maximum absolute atomic E-state index is 11.2. The molecule has 0 aliphatic heterocycles. The molecule has 7 nitrogen and oxygen atoms in total. The Morgan fingerprint density at radius 1 is 1.29 bits per heavy atom. The van der Waals surface area contributed by atoms with E-state index in [1.807, 2.05) is 16.7 Å². The Hall–Kier alpha value is -2.67. The van der Waals surface area contributed by atoms with Gasteiger partial charge in [-0.05, 0) is 30.4 Å². The van der Waals surface area contributed by atoms with Crippen LogP contribution in [0, 0.1) is 0 Å². The lowest BCUT2D eigenvalue weighted by Gasteiger charge is -2.04. The molecule has 0 spiro atoms. The minimum absolute atomic E-state index is 0.0953. The van der Waals surface area contributed by atoms with Crippen molar-refractivity contribution in [2.75, 3.05) is 0 Å². The maximum atomic E-state index is 11.2. The van der Waals surface area contributed by atoms with Crippen molar-refractivity contribution in [1.29, 1.82) is 0 Å². The summed E-state index contributed by atoms with van der Waals surface area (Å²) in [6, 6.07) is 5.55. The van der Waals surface area contributed by atoms with E-state index in [0.717, 1.165) is 11.3 Å². The monoisotopic (exact) mass is 343 g/mol. The van der Waals surface area contributed by atoms with Crippen molar-refractivity contribution in [2.45, 2.75) is 25.4 Å². The highest BCUT2D eigenvalue weighted by molar-refractivity contribution is 6.29. The molecular weight excluding hydrogens is 330 g/mol. The number of aromatic nitrogens is 4. The number of carbonyl (C=O) groups is 1. The molecule has 0 bridgehead atoms. The third-order valence-corrected chi connectivity index (χ3v) is 4.03. The van der Waals surface area contributed by atoms with Crippen LogP contribution < -0.4 is 10.5 Å². The number of primary amides is 1. The van der Waals surface area contributed by atoms with Gasteiger partial charge in [0.25, 0.3) is 5.91 Å². The second-order valence-corrected chi connectivity index (χ2v) is 6.13. The van der Waals surface area contributed by atoms with Crippen molar-refractivity contribution in [2.24, 2.45) is 5.73 Å². The molecule has 1 saturated carbocycles. The van der Waals surface area contributed by atoms with Crippen LogP contribution in [-0.2, 0) is 6.61 Å². The molecule has 0 atom stereocenters. The third kappa shape index (κ3) is 3.03. The van der Waals surface area contributed by atoms with Crippen LogP contribution in [0.15, 0.2) is 30.6 Å². The predicted octanol–water partition coefficient (Wildman–Crippen LogP) is 2.33. The van der Waals surface area contributed by atoms with Crippen molar-refractivity contribution in [1.82, 2.24) is 19.4 Å². The van der Waals surface area contributed by atoms with E-state index in [1.54, 1.807) is 0 Å². The number of rotatable bonds is 5. The second kappa shape index (κ2) is 5.76. The van der Waals surface area contributed by atoms with Gasteiger partial charge >= 0.3 is 0 Å². The fourth-order valence-corrected chi connectivity index (χ4v) is 2.69. The van der Waals surface area contributed by atoms with E-state index < -0.39 is 5.91 Å². The van der Waals surface area contributed by atoms with Gasteiger partial charge in [0.1, 0.15) is 17.4 Å². The molecule has 24 heavy (non-hydrogen) atoms. The highest BCUT2D eigenvalue weighted by Crippen LogP contribution is 2.39. The number of carbonyl (C=O) groups excluding carboxylic acids is 1. The zero-order valence-corrected chi connectivity index (χ0v) is 13.4. The zero-order chi connectivity index (χ0) is 16.7. The van der Waals surface area contributed by atoms with Crippen molar-refractivity contribution < 1.29 is 9.53 Å². The number of nitrogens with two attached hydrogens (primary N) is 1. The van der Waals surface area contributed by atoms with Gasteiger partial charge in [0, 0.05) is 18.5 Å². The van der Waals surface area contributed by atoms with E-state index in [1.165, 1.54) is 24.5 Å². The summed E-state index contributed by atoms with van der Waals surface area (Å²) in [4.78, 5) is 23.3. The first-order valence-corrected chi connectivity index (χ1v) is 7.91. The van der Waals surface area contributed by atoms with Crippen molar-refractivity contribution in [3.05, 3.63) is 52.8 Å². The minimum Gasteiger partial charge on any atom is -0.471 e. The van der Waals surface area contributed by atoms with E-state index in [9.17, 15) is 4.79 Å². The molecule has 0 saturated heterocycles. The van der Waals surface area contributed by atoms with Crippen molar-refractivity contribution in [3.63, 3.8) is 0 Å². The normalized spacial score (nSPS) is 14.0. The van der Waals surface area contributed by atoms with Gasteiger partial charge in [0.15, 0.2) is 0 Å². The number of hydrogen-bond acceptors (Lipinski definition) is 5. The van der Waals surface area contributed by atoms with Crippen LogP contribution >= 0.6 is 11.6 Å². The molecule has 0 unspecified atom stereocenters. The largest absolute Gasteiger partial charge is 0.471 e. The zero-order valence-electron chi connectivity index (χ0n) is 12.6. The van der Waals surface area contributed by atoms with Crippen molar-refractivity contribution in [3.8, 4) is 5.88 Å². The Morgan fingerprint density at radius 2 is 2.12 bits per heavy atom. The molecule has 1 aliphatic carbocycles. The van der Waals surface area contributed by atoms with Gasteiger partial charge in [-0.3, -0.25) is 4.79 Å². The SMILES string of the molecule is NC(=O)c1nc(Cl)cc(OCc2cn3cc(C4CC4)ccc3n2)n1. The Labute approximate surface area is 142 Å². The van der Waals surface area contributed by atoms with E-state index in [0.29, 0.717) is 5.92 Å². The quantitative estimate of drug-likeness (QED) is 0.717. The topological polar surface area (TPSA) is 95.4 Å². The number of fused-ring (bicyclic) bond motifs is 1. The number of nitrogens with zero attached hydrogens (tertiary/aromatic N) is 4. The summed E-state index contributed by atoms with van der Waals surface area (Å²) in [5.74, 6) is -0.0735. The summed E-state index contributed by atoms with van der Waals surface area (Å²) in [7, 11) is 0. The van der Waals surface area contributed by atoms with Gasteiger partial charge in [-0.15, -0.1) is 0 Å². The van der Waals surface area contributed by atoms with Crippen LogP contribution in [0.3, 0.4) is 0 Å². The highest BCUT2D eigenvalue weighted by Gasteiger charge is 2.23. The molecule has 122 valence electrons. The number of amides is 1. The average Bonchev–Trinajstić information content (AvgIpc) is 3.32. The lowest BCUT2D eigenvalue weighted by molar-refractivity contribution is 0.0989. The summed E-state index contributed by atoms with van der Waals surface area (Å²) in [6.07, 6.45) is 6.54. The standard InChI is InChI=1S/C16H14ClN5O2/c17-12-5-14(21-16(20-12)15(18)23)24-8-11-7-22-6-10(9-1-2-9)3-4-13(22)19-11/h3-7,9H,1-2,8H2,(H2,18,23). The average molecular weight is 344 g/mol. The molecule has 1 fully saturated rings. The highest BCUT2D eigenvalue weighted by atomic mass is 35.5. The first-order chi connectivity index (χ1) is 11.6. The molecule has 1 aliphatic rings. The molecular formula is C16H14ClN5O2. The fourth-order valence-electron chi connectivity index (χ4n) is 2.52. The molecule has 0 aromatic carbocycles. The molecule has 4 rings (SSSR count). The Kier molecular flexibility index (Phi) is 3.57. The minimum atomic E-state index is -0.761. The third-order valence-electron chi connectivity index (χ3n) is 3.83. The van der Waals surface area contributed by atoms with Crippen LogP contribution in [0.5, 0.6) is 5.88 Å². The Morgan fingerprint density at radius 3 is 2.88 bits per heavy atom. The molecule has 3 aromatic heterocycles. The number of halogens is 1. The van der Waals surface area contributed by atoms with Crippen LogP contribution in [0.1, 0.15) is 40.6 Å². The molecule has 8 heteroatoms. The number of ether oxygens (including phenoxy) is 1. The van der Waals surface area contributed by atoms with E-state index in [-0.39, 0.29) is 23.5 Å². The number of imidazole rings is 1. The first kappa shape index (κ1) is 14.9. The fraction of sp³-hybridized carbons (Fsp3) is 0.250. The number of pyridine rings is 1. The molecule has 3 heterocycles. The van der Waals surface area contributed by atoms with E-state index in [4.69, 9.17) is 22.1 Å². The lowest BCUT2D eigenvalue weighted by Crippen LogP contribution is -2.16. The summed E-state index contributed by atoms with van der Waals surface area (Å²) in [5.41, 5.74) is 8.10. The first-order valence-electron chi connectivity index (χ1n) is 7.53. The van der Waals surface area contributed by atoms with E-state index >= 15 is 0 Å². The van der Waals surface area contributed by atoms with Gasteiger partial charge in [-0.2, -0.15) is 4.98 Å². The van der Waals surface area contributed by atoms with Gasteiger partial charge < -0.3 is 14.9 Å². The van der Waals surface area contributed by atoms with Gasteiger partial charge in [-0.1, -0.05) is 17.7 Å². The summed E-state index contributed by atoms with van der Waals surface area (Å²) < 4.78 is 7.56. The molecule has 3 aromatic rings.